The second-order valence-corrected chi connectivity index (χ2v) is 7.65. The average molecular weight is 398 g/mol. The molecule has 0 unspecified atom stereocenters. The van der Waals surface area contributed by atoms with Crippen molar-refractivity contribution in [3.05, 3.63) is 107 Å². The molecule has 0 aromatic heterocycles. The maximum Gasteiger partial charge on any atom is 0.257 e. The molecule has 0 saturated heterocycles. The Labute approximate surface area is 178 Å². The second-order valence-electron chi connectivity index (χ2n) is 7.65. The largest absolute Gasteiger partial charge is 0.496 e. The topological polar surface area (TPSA) is 29.5 Å². The van der Waals surface area contributed by atoms with E-state index in [1.807, 2.05) is 31.3 Å². The molecule has 3 heteroatoms. The van der Waals surface area contributed by atoms with Crippen molar-refractivity contribution in [1.29, 1.82) is 0 Å². The predicted molar refractivity (Wildman–Crippen MR) is 122 cm³/mol. The molecule has 0 heterocycles. The van der Waals surface area contributed by atoms with Crippen molar-refractivity contribution in [3.63, 3.8) is 0 Å². The van der Waals surface area contributed by atoms with Crippen molar-refractivity contribution in [2.75, 3.05) is 20.7 Å². The van der Waals surface area contributed by atoms with Crippen LogP contribution in [0.5, 0.6) is 5.75 Å². The van der Waals surface area contributed by atoms with Gasteiger partial charge in [0.2, 0.25) is 0 Å². The fourth-order valence-electron chi connectivity index (χ4n) is 4.17. The van der Waals surface area contributed by atoms with Gasteiger partial charge in [-0.25, -0.2) is 0 Å². The maximum absolute atomic E-state index is 12.9. The van der Waals surface area contributed by atoms with Crippen LogP contribution in [0.1, 0.15) is 39.0 Å². The van der Waals surface area contributed by atoms with E-state index < -0.39 is 0 Å². The Morgan fingerprint density at radius 3 is 2.10 bits per heavy atom. The molecule has 152 valence electrons. The molecule has 30 heavy (non-hydrogen) atoms. The predicted octanol–water partition coefficient (Wildman–Crippen LogP) is 5.39. The van der Waals surface area contributed by atoms with E-state index in [-0.39, 0.29) is 5.91 Å². The third-order valence-electron chi connectivity index (χ3n) is 5.78. The number of hydrogen-bond acceptors (Lipinski definition) is 2. The van der Waals surface area contributed by atoms with E-state index >= 15 is 0 Å². The number of carbonyl (C=O) groups excluding carboxylic acids is 1. The van der Waals surface area contributed by atoms with Crippen LogP contribution in [0.2, 0.25) is 0 Å². The molecule has 0 aliphatic heterocycles. The molecule has 0 N–H and O–H groups in total. The van der Waals surface area contributed by atoms with E-state index in [9.17, 15) is 4.79 Å². The minimum Gasteiger partial charge on any atom is -0.496 e. The number of ether oxygens (including phenoxy) is 1. The number of amides is 1. The number of nitrogens with zero attached hydrogens (tertiary/aromatic N) is 1. The number of methoxy groups -OCH3 is 1. The van der Waals surface area contributed by atoms with Crippen LogP contribution in [-0.4, -0.2) is 31.5 Å². The van der Waals surface area contributed by atoms with Gasteiger partial charge in [-0.15, -0.1) is 0 Å². The van der Waals surface area contributed by atoms with Crippen molar-refractivity contribution < 1.29 is 9.53 Å². The van der Waals surface area contributed by atoms with Gasteiger partial charge in [0.1, 0.15) is 5.75 Å². The molecule has 0 spiro atoms. The molecular weight excluding hydrogens is 370 g/mol. The highest BCUT2D eigenvalue weighted by Gasteiger charge is 2.18. The number of hydrogen-bond donors (Lipinski definition) is 0. The highest BCUT2D eigenvalue weighted by Crippen LogP contribution is 2.33. The SMILES string of the molecule is COc1ccccc1C(=O)N(C)CCC=C1c2ccccc2CCc2ccccc21. The molecule has 1 aliphatic carbocycles. The van der Waals surface area contributed by atoms with Gasteiger partial charge in [-0.3, -0.25) is 4.79 Å². The Bertz CT molecular complexity index is 1030. The molecule has 0 atom stereocenters. The van der Waals surface area contributed by atoms with Gasteiger partial charge >= 0.3 is 0 Å². The Morgan fingerprint density at radius 1 is 0.900 bits per heavy atom. The van der Waals surface area contributed by atoms with Crippen LogP contribution in [0.25, 0.3) is 5.57 Å². The van der Waals surface area contributed by atoms with Gasteiger partial charge in [0.05, 0.1) is 12.7 Å². The Morgan fingerprint density at radius 2 is 1.47 bits per heavy atom. The summed E-state index contributed by atoms with van der Waals surface area (Å²) in [7, 11) is 3.44. The van der Waals surface area contributed by atoms with Gasteiger partial charge in [-0.05, 0) is 59.2 Å². The first-order valence-corrected chi connectivity index (χ1v) is 10.4. The fourth-order valence-corrected chi connectivity index (χ4v) is 4.17. The first kappa shape index (κ1) is 20.0. The van der Waals surface area contributed by atoms with Gasteiger partial charge in [0.25, 0.3) is 5.91 Å². The summed E-state index contributed by atoms with van der Waals surface area (Å²) in [6.07, 6.45) is 5.18. The fraction of sp³-hybridized carbons (Fsp3) is 0.222. The van der Waals surface area contributed by atoms with Crippen LogP contribution in [0.4, 0.5) is 0 Å². The quantitative estimate of drug-likeness (QED) is 0.578. The Kier molecular flexibility index (Phi) is 5.99. The summed E-state index contributed by atoms with van der Waals surface area (Å²) in [4.78, 5) is 14.7. The summed E-state index contributed by atoms with van der Waals surface area (Å²) in [6, 6.07) is 24.7. The van der Waals surface area contributed by atoms with Gasteiger partial charge in [-0.1, -0.05) is 66.7 Å². The normalized spacial score (nSPS) is 12.4. The number of fused-ring (bicyclic) bond motifs is 2. The summed E-state index contributed by atoms with van der Waals surface area (Å²) in [5.74, 6) is 0.590. The molecule has 0 saturated carbocycles. The Hall–Kier alpha value is -3.33. The summed E-state index contributed by atoms with van der Waals surface area (Å²) < 4.78 is 5.35. The standard InChI is InChI=1S/C27H27NO2/c1-28(27(29)25-14-7-8-16-26(25)30-2)19-9-15-24-22-12-5-3-10-20(22)17-18-21-11-4-6-13-23(21)24/h3-8,10-16H,9,17-19H2,1-2H3. The van der Waals surface area contributed by atoms with Crippen LogP contribution in [-0.2, 0) is 12.8 Å². The molecular formula is C27H27NO2. The first-order valence-electron chi connectivity index (χ1n) is 10.4. The van der Waals surface area contributed by atoms with Crippen molar-refractivity contribution >= 4 is 11.5 Å². The molecule has 3 aromatic carbocycles. The van der Waals surface area contributed by atoms with E-state index in [2.05, 4.69) is 54.6 Å². The van der Waals surface area contributed by atoms with Crippen LogP contribution < -0.4 is 4.74 Å². The van der Waals surface area contributed by atoms with Gasteiger partial charge in [0.15, 0.2) is 0 Å². The molecule has 1 amide bonds. The van der Waals surface area contributed by atoms with E-state index in [0.29, 0.717) is 17.9 Å². The van der Waals surface area contributed by atoms with Crippen molar-refractivity contribution in [1.82, 2.24) is 4.90 Å². The van der Waals surface area contributed by atoms with E-state index in [1.165, 1.54) is 27.8 Å². The van der Waals surface area contributed by atoms with Crippen molar-refractivity contribution in [2.45, 2.75) is 19.3 Å². The highest BCUT2D eigenvalue weighted by atomic mass is 16.5. The zero-order valence-corrected chi connectivity index (χ0v) is 17.6. The third kappa shape index (κ3) is 4.02. The first-order chi connectivity index (χ1) is 14.7. The Balaban J connectivity index is 1.57. The minimum atomic E-state index is -0.0208. The number of para-hydroxylation sites is 1. The number of rotatable bonds is 5. The van der Waals surface area contributed by atoms with Crippen molar-refractivity contribution in [2.24, 2.45) is 0 Å². The molecule has 3 nitrogen and oxygen atoms in total. The maximum atomic E-state index is 12.9. The number of benzene rings is 3. The van der Waals surface area contributed by atoms with Gasteiger partial charge < -0.3 is 9.64 Å². The van der Waals surface area contributed by atoms with E-state index in [4.69, 9.17) is 4.74 Å². The number of aryl methyl sites for hydroxylation is 2. The third-order valence-corrected chi connectivity index (χ3v) is 5.78. The lowest BCUT2D eigenvalue weighted by Crippen LogP contribution is -2.27. The lowest BCUT2D eigenvalue weighted by atomic mass is 9.93. The zero-order valence-electron chi connectivity index (χ0n) is 17.6. The molecule has 0 bridgehead atoms. The van der Waals surface area contributed by atoms with Crippen molar-refractivity contribution in [3.8, 4) is 5.75 Å². The minimum absolute atomic E-state index is 0.0208. The van der Waals surface area contributed by atoms with E-state index in [0.717, 1.165) is 19.3 Å². The smallest absolute Gasteiger partial charge is 0.257 e. The highest BCUT2D eigenvalue weighted by molar-refractivity contribution is 5.96. The summed E-state index contributed by atoms with van der Waals surface area (Å²) in [6.45, 7) is 0.644. The second kappa shape index (κ2) is 9.00. The number of carbonyl (C=O) groups is 1. The summed E-state index contributed by atoms with van der Waals surface area (Å²) in [5.41, 5.74) is 7.26. The van der Waals surface area contributed by atoms with Crippen LogP contribution >= 0.6 is 0 Å². The van der Waals surface area contributed by atoms with Crippen LogP contribution in [0.15, 0.2) is 78.9 Å². The summed E-state index contributed by atoms with van der Waals surface area (Å²) in [5, 5.41) is 0. The monoisotopic (exact) mass is 397 g/mol. The molecule has 0 fully saturated rings. The van der Waals surface area contributed by atoms with E-state index in [1.54, 1.807) is 12.0 Å². The molecule has 0 radical (unpaired) electrons. The van der Waals surface area contributed by atoms with Crippen LogP contribution in [0.3, 0.4) is 0 Å². The lowest BCUT2D eigenvalue weighted by Gasteiger charge is -2.18. The van der Waals surface area contributed by atoms with Gasteiger partial charge in [0, 0.05) is 13.6 Å². The summed E-state index contributed by atoms with van der Waals surface area (Å²) >= 11 is 0. The lowest BCUT2D eigenvalue weighted by molar-refractivity contribution is 0.0794. The molecule has 3 aromatic rings. The zero-order chi connectivity index (χ0) is 20.9. The molecule has 4 rings (SSSR count). The van der Waals surface area contributed by atoms with Crippen LogP contribution in [0, 0.1) is 0 Å². The van der Waals surface area contributed by atoms with Gasteiger partial charge in [-0.2, -0.15) is 0 Å². The molecule has 1 aliphatic rings. The average Bonchev–Trinajstić information content (AvgIpc) is 2.96.